The number of amides is 2. The molecule has 3 aliphatic rings. The van der Waals surface area contributed by atoms with Gasteiger partial charge in [-0.15, -0.1) is 11.8 Å². The second-order valence-electron chi connectivity index (χ2n) is 6.72. The lowest BCUT2D eigenvalue weighted by atomic mass is 9.98. The third-order valence-corrected chi connectivity index (χ3v) is 6.62. The van der Waals surface area contributed by atoms with Crippen molar-refractivity contribution in [1.82, 2.24) is 9.80 Å². The van der Waals surface area contributed by atoms with E-state index < -0.39 is 0 Å². The maximum absolute atomic E-state index is 12.9. The van der Waals surface area contributed by atoms with E-state index in [1.165, 1.54) is 0 Å². The van der Waals surface area contributed by atoms with E-state index in [1.807, 2.05) is 16.7 Å². The normalized spacial score (nSPS) is 35.1. The lowest BCUT2D eigenvalue weighted by Gasteiger charge is -2.37. The third-order valence-electron chi connectivity index (χ3n) is 5.12. The fourth-order valence-electron chi connectivity index (χ4n) is 3.90. The van der Waals surface area contributed by atoms with E-state index in [9.17, 15) is 9.59 Å². The largest absolute Gasteiger partial charge is 0.381 e. The van der Waals surface area contributed by atoms with Crippen molar-refractivity contribution in [3.05, 3.63) is 0 Å². The van der Waals surface area contributed by atoms with E-state index >= 15 is 0 Å². The summed E-state index contributed by atoms with van der Waals surface area (Å²) in [6, 6.07) is -0.254. The molecule has 3 saturated heterocycles. The van der Waals surface area contributed by atoms with E-state index in [0.29, 0.717) is 12.3 Å². The molecular formula is C16H26N2O3S. The van der Waals surface area contributed by atoms with Gasteiger partial charge in [0.2, 0.25) is 11.8 Å². The molecule has 2 amide bonds. The van der Waals surface area contributed by atoms with Gasteiger partial charge in [-0.1, -0.05) is 0 Å². The molecule has 3 fully saturated rings. The van der Waals surface area contributed by atoms with Crippen LogP contribution in [0.3, 0.4) is 0 Å². The molecule has 0 unspecified atom stereocenters. The van der Waals surface area contributed by atoms with E-state index in [1.54, 1.807) is 11.8 Å². The number of carbonyl (C=O) groups excluding carboxylic acids is 2. The topological polar surface area (TPSA) is 49.9 Å². The van der Waals surface area contributed by atoms with Crippen molar-refractivity contribution in [2.45, 2.75) is 50.4 Å². The first-order valence-corrected chi connectivity index (χ1v) is 9.36. The predicted octanol–water partition coefficient (Wildman–Crippen LogP) is 1.72. The Morgan fingerprint density at radius 3 is 3.09 bits per heavy atom. The minimum Gasteiger partial charge on any atom is -0.381 e. The molecule has 3 heterocycles. The van der Waals surface area contributed by atoms with Crippen molar-refractivity contribution in [1.29, 1.82) is 0 Å². The van der Waals surface area contributed by atoms with Gasteiger partial charge in [0.25, 0.3) is 0 Å². The van der Waals surface area contributed by atoms with Gasteiger partial charge in [0.1, 0.15) is 6.04 Å². The van der Waals surface area contributed by atoms with E-state index in [2.05, 4.69) is 6.92 Å². The Kier molecular flexibility index (Phi) is 4.69. The zero-order valence-electron chi connectivity index (χ0n) is 13.5. The number of hydrogen-bond acceptors (Lipinski definition) is 4. The van der Waals surface area contributed by atoms with Crippen LogP contribution in [0.4, 0.5) is 0 Å². The Hall–Kier alpha value is -0.750. The van der Waals surface area contributed by atoms with Gasteiger partial charge in [0, 0.05) is 31.9 Å². The molecule has 3 aliphatic heterocycles. The number of ether oxygens (including phenoxy) is 1. The first-order valence-electron chi connectivity index (χ1n) is 8.38. The Morgan fingerprint density at radius 2 is 2.32 bits per heavy atom. The number of hydrogen-bond donors (Lipinski definition) is 0. The molecule has 0 N–H and O–H groups in total. The third kappa shape index (κ3) is 2.87. The summed E-state index contributed by atoms with van der Waals surface area (Å²) < 4.78 is 5.52. The highest BCUT2D eigenvalue weighted by molar-refractivity contribution is 8.01. The van der Waals surface area contributed by atoms with Crippen LogP contribution in [0.25, 0.3) is 0 Å². The summed E-state index contributed by atoms with van der Waals surface area (Å²) >= 11 is 1.77. The highest BCUT2D eigenvalue weighted by Crippen LogP contribution is 2.47. The molecule has 5 nitrogen and oxygen atoms in total. The number of rotatable bonds is 4. The molecular weight excluding hydrogens is 300 g/mol. The van der Waals surface area contributed by atoms with Gasteiger partial charge in [-0.25, -0.2) is 0 Å². The summed E-state index contributed by atoms with van der Waals surface area (Å²) in [4.78, 5) is 28.8. The lowest BCUT2D eigenvalue weighted by Crippen LogP contribution is -2.53. The highest BCUT2D eigenvalue weighted by Gasteiger charge is 2.53. The average Bonchev–Trinajstić information content (AvgIpc) is 3.01. The van der Waals surface area contributed by atoms with Crippen LogP contribution in [0, 0.1) is 5.92 Å². The van der Waals surface area contributed by atoms with Crippen molar-refractivity contribution in [3.63, 3.8) is 0 Å². The molecule has 0 saturated carbocycles. The maximum atomic E-state index is 12.9. The van der Waals surface area contributed by atoms with Crippen molar-refractivity contribution >= 4 is 23.6 Å². The molecule has 6 heteroatoms. The molecule has 22 heavy (non-hydrogen) atoms. The van der Waals surface area contributed by atoms with Crippen LogP contribution in [0.5, 0.6) is 0 Å². The molecule has 0 spiro atoms. The molecule has 0 bridgehead atoms. The summed E-state index contributed by atoms with van der Waals surface area (Å²) in [5.41, 5.74) is 0. The smallest absolute Gasteiger partial charge is 0.246 e. The van der Waals surface area contributed by atoms with Gasteiger partial charge in [-0.3, -0.25) is 9.59 Å². The second kappa shape index (κ2) is 6.40. The minimum atomic E-state index is -0.254. The second-order valence-corrected chi connectivity index (χ2v) is 8.22. The van der Waals surface area contributed by atoms with Crippen molar-refractivity contribution < 1.29 is 14.3 Å². The summed E-state index contributed by atoms with van der Waals surface area (Å²) in [5.74, 6) is 1.47. The summed E-state index contributed by atoms with van der Waals surface area (Å²) in [6.45, 7) is 7.16. The van der Waals surface area contributed by atoms with Gasteiger partial charge in [0.05, 0.1) is 11.5 Å². The molecule has 0 aliphatic carbocycles. The van der Waals surface area contributed by atoms with Gasteiger partial charge < -0.3 is 14.5 Å². The SMILES string of the molecule is CCOC[C@@H]1CCCN(C(=O)[C@H]2CS[C@@]3(C)CCC(=O)N23)C1. The molecule has 0 radical (unpaired) electrons. The van der Waals surface area contributed by atoms with Crippen LogP contribution in [0.1, 0.15) is 39.5 Å². The average molecular weight is 326 g/mol. The van der Waals surface area contributed by atoms with Crippen molar-refractivity contribution in [2.75, 3.05) is 32.1 Å². The lowest BCUT2D eigenvalue weighted by molar-refractivity contribution is -0.145. The predicted molar refractivity (Wildman–Crippen MR) is 86.5 cm³/mol. The van der Waals surface area contributed by atoms with Gasteiger partial charge in [0.15, 0.2) is 0 Å². The van der Waals surface area contributed by atoms with Crippen LogP contribution < -0.4 is 0 Å². The number of likely N-dealkylation sites (tertiary alicyclic amines) is 1. The fraction of sp³-hybridized carbons (Fsp3) is 0.875. The summed E-state index contributed by atoms with van der Waals surface area (Å²) in [5, 5.41) is 0. The first kappa shape index (κ1) is 16.1. The molecule has 3 rings (SSSR count). The standard InChI is InChI=1S/C16H26N2O3S/c1-3-21-10-12-5-4-8-17(9-12)15(20)13-11-22-16(2)7-6-14(19)18(13)16/h12-13H,3-11H2,1-2H3/t12-,13-,16+/m1/s1. The monoisotopic (exact) mass is 326 g/mol. The Balaban J connectivity index is 1.65. The van der Waals surface area contributed by atoms with Crippen LogP contribution >= 0.6 is 11.8 Å². The molecule has 0 aromatic heterocycles. The Bertz CT molecular complexity index is 459. The maximum Gasteiger partial charge on any atom is 0.246 e. The van der Waals surface area contributed by atoms with E-state index in [0.717, 1.165) is 51.3 Å². The number of nitrogens with zero attached hydrogens (tertiary/aromatic N) is 2. The number of carbonyl (C=O) groups is 2. The van der Waals surface area contributed by atoms with Crippen LogP contribution in [-0.2, 0) is 14.3 Å². The Labute approximate surface area is 136 Å². The molecule has 124 valence electrons. The van der Waals surface area contributed by atoms with Crippen LogP contribution in [-0.4, -0.2) is 64.6 Å². The van der Waals surface area contributed by atoms with Gasteiger partial charge in [-0.2, -0.15) is 0 Å². The number of fused-ring (bicyclic) bond motifs is 1. The van der Waals surface area contributed by atoms with Crippen LogP contribution in [0.15, 0.2) is 0 Å². The number of thioether (sulfide) groups is 1. The molecule has 3 atom stereocenters. The van der Waals surface area contributed by atoms with Crippen molar-refractivity contribution in [3.8, 4) is 0 Å². The fourth-order valence-corrected chi connectivity index (χ4v) is 5.32. The van der Waals surface area contributed by atoms with E-state index in [-0.39, 0.29) is 22.7 Å². The van der Waals surface area contributed by atoms with Gasteiger partial charge in [-0.05, 0) is 39.0 Å². The van der Waals surface area contributed by atoms with E-state index in [4.69, 9.17) is 4.74 Å². The summed E-state index contributed by atoms with van der Waals surface area (Å²) in [7, 11) is 0. The molecule has 0 aromatic rings. The van der Waals surface area contributed by atoms with Crippen LogP contribution in [0.2, 0.25) is 0 Å². The zero-order chi connectivity index (χ0) is 15.7. The highest BCUT2D eigenvalue weighted by atomic mass is 32.2. The minimum absolute atomic E-state index is 0.146. The number of piperidine rings is 1. The Morgan fingerprint density at radius 1 is 1.50 bits per heavy atom. The van der Waals surface area contributed by atoms with Gasteiger partial charge >= 0.3 is 0 Å². The molecule has 0 aromatic carbocycles. The summed E-state index contributed by atoms with van der Waals surface area (Å²) in [6.07, 6.45) is 3.62. The zero-order valence-corrected chi connectivity index (χ0v) is 14.4. The quantitative estimate of drug-likeness (QED) is 0.789. The van der Waals surface area contributed by atoms with Crippen molar-refractivity contribution in [2.24, 2.45) is 5.92 Å². The first-order chi connectivity index (χ1) is 10.5.